The molecule has 29 heavy (non-hydrogen) atoms. The van der Waals surface area contributed by atoms with Crippen LogP contribution >= 0.6 is 11.8 Å². The molecule has 1 saturated heterocycles. The van der Waals surface area contributed by atoms with Gasteiger partial charge in [0.05, 0.1) is 22.6 Å². The van der Waals surface area contributed by atoms with Crippen molar-refractivity contribution in [3.05, 3.63) is 58.6 Å². The number of hydrogen-bond acceptors (Lipinski definition) is 5. The summed E-state index contributed by atoms with van der Waals surface area (Å²) in [6.45, 7) is 5.26. The van der Waals surface area contributed by atoms with E-state index in [4.69, 9.17) is 0 Å². The fourth-order valence-electron chi connectivity index (χ4n) is 3.78. The number of aromatic nitrogens is 2. The summed E-state index contributed by atoms with van der Waals surface area (Å²) in [5, 5.41) is 16.3. The number of carboxylic acids is 1. The van der Waals surface area contributed by atoms with Crippen LogP contribution in [0, 0.1) is 13.8 Å². The maximum atomic E-state index is 13.0. The first kappa shape index (κ1) is 19.3. The number of hydrogen-bond donors (Lipinski definition) is 2. The number of amides is 2. The average molecular weight is 412 g/mol. The molecule has 3 heterocycles. The van der Waals surface area contributed by atoms with Crippen LogP contribution in [0.15, 0.2) is 41.6 Å². The lowest BCUT2D eigenvalue weighted by Gasteiger charge is -2.49. The fraction of sp³-hybridized carbons (Fsp3) is 0.300. The van der Waals surface area contributed by atoms with E-state index in [-0.39, 0.29) is 11.6 Å². The number of benzene rings is 1. The molecule has 0 radical (unpaired) electrons. The highest BCUT2D eigenvalue weighted by Gasteiger charge is 2.53. The maximum Gasteiger partial charge on any atom is 0.352 e. The summed E-state index contributed by atoms with van der Waals surface area (Å²) in [6, 6.07) is 8.73. The van der Waals surface area contributed by atoms with Gasteiger partial charge in [0.1, 0.15) is 17.1 Å². The third-order valence-electron chi connectivity index (χ3n) is 5.17. The second-order valence-electron chi connectivity index (χ2n) is 7.09. The molecule has 0 unspecified atom stereocenters. The summed E-state index contributed by atoms with van der Waals surface area (Å²) in [5.74, 6) is -1.41. The second-order valence-corrected chi connectivity index (χ2v) is 8.19. The van der Waals surface area contributed by atoms with Crippen LogP contribution in [-0.2, 0) is 9.59 Å². The molecule has 2 aliphatic rings. The molecule has 4 rings (SSSR count). The van der Waals surface area contributed by atoms with Gasteiger partial charge in [0, 0.05) is 5.75 Å². The van der Waals surface area contributed by atoms with Gasteiger partial charge < -0.3 is 10.4 Å². The van der Waals surface area contributed by atoms with Crippen molar-refractivity contribution in [1.29, 1.82) is 0 Å². The number of nitrogens with one attached hydrogen (secondary N) is 1. The van der Waals surface area contributed by atoms with Crippen LogP contribution in [0.1, 0.15) is 28.7 Å². The maximum absolute atomic E-state index is 13.0. The first-order chi connectivity index (χ1) is 13.8. The Hall–Kier alpha value is -3.07. The average Bonchev–Trinajstić information content (AvgIpc) is 3.00. The normalized spacial score (nSPS) is 20.9. The van der Waals surface area contributed by atoms with E-state index in [0.717, 1.165) is 5.69 Å². The lowest BCUT2D eigenvalue weighted by Crippen LogP contribution is -2.70. The van der Waals surface area contributed by atoms with Crippen LogP contribution in [0.25, 0.3) is 5.69 Å². The van der Waals surface area contributed by atoms with E-state index < -0.39 is 23.3 Å². The number of fused-ring (bicyclic) bond motifs is 1. The molecule has 8 nitrogen and oxygen atoms in total. The standard InChI is InChI=1S/C20H20N4O4S/c1-10-9-29-19-15(18(26)23(19)16(10)20(27)28)21-17(25)14-11(2)22-24(12(14)3)13-7-5-4-6-8-13/h4-8,15,19H,9H2,1-3H3,(H,21,25)(H,27,28)/t15-,19+/m1/s1. The van der Waals surface area contributed by atoms with E-state index >= 15 is 0 Å². The van der Waals surface area contributed by atoms with Crippen molar-refractivity contribution in [3.8, 4) is 5.69 Å². The largest absolute Gasteiger partial charge is 0.477 e. The Morgan fingerprint density at radius 1 is 1.21 bits per heavy atom. The summed E-state index contributed by atoms with van der Waals surface area (Å²) < 4.78 is 1.70. The molecule has 9 heteroatoms. The zero-order valence-corrected chi connectivity index (χ0v) is 17.0. The van der Waals surface area contributed by atoms with Gasteiger partial charge in [0.15, 0.2) is 0 Å². The van der Waals surface area contributed by atoms with E-state index in [1.807, 2.05) is 30.3 Å². The Labute approximate surface area is 171 Å². The predicted octanol–water partition coefficient (Wildman–Crippen LogP) is 1.86. The number of rotatable bonds is 4. The number of β-lactam (4-membered cyclic amide) rings is 1. The number of carboxylic acid groups (broad SMARTS) is 1. The van der Waals surface area contributed by atoms with E-state index in [9.17, 15) is 19.5 Å². The predicted molar refractivity (Wildman–Crippen MR) is 108 cm³/mol. The second kappa shape index (κ2) is 7.07. The van der Waals surface area contributed by atoms with Gasteiger partial charge in [0.2, 0.25) is 0 Å². The SMILES string of the molecule is CC1=C(C(=O)O)N2C(=O)[C@@H](NC(=O)c3c(C)nn(-c4ccccc4)c3C)[C@@H]2SC1. The van der Waals surface area contributed by atoms with E-state index in [1.165, 1.54) is 16.7 Å². The molecule has 2 N–H and O–H groups in total. The smallest absolute Gasteiger partial charge is 0.352 e. The molecular weight excluding hydrogens is 392 g/mol. The quantitative estimate of drug-likeness (QED) is 0.743. The third-order valence-corrected chi connectivity index (χ3v) is 6.59. The van der Waals surface area contributed by atoms with Gasteiger partial charge in [-0.05, 0) is 38.5 Å². The van der Waals surface area contributed by atoms with E-state index in [1.54, 1.807) is 25.5 Å². The Bertz CT molecular complexity index is 1060. The van der Waals surface area contributed by atoms with Crippen molar-refractivity contribution in [1.82, 2.24) is 20.0 Å². The molecule has 0 bridgehead atoms. The lowest BCUT2D eigenvalue weighted by atomic mass is 10.0. The van der Waals surface area contributed by atoms with Crippen LogP contribution < -0.4 is 5.32 Å². The minimum atomic E-state index is -1.12. The van der Waals surface area contributed by atoms with Crippen LogP contribution in [-0.4, -0.2) is 54.7 Å². The molecule has 1 fully saturated rings. The number of aryl methyl sites for hydroxylation is 1. The molecule has 2 aliphatic heterocycles. The van der Waals surface area contributed by atoms with E-state index in [0.29, 0.717) is 28.3 Å². The highest BCUT2D eigenvalue weighted by Crippen LogP contribution is 2.40. The molecule has 1 aromatic heterocycles. The topological polar surface area (TPSA) is 105 Å². The molecule has 150 valence electrons. The Morgan fingerprint density at radius 2 is 1.90 bits per heavy atom. The summed E-state index contributed by atoms with van der Waals surface area (Å²) in [7, 11) is 0. The zero-order chi connectivity index (χ0) is 20.9. The van der Waals surface area contributed by atoms with Crippen molar-refractivity contribution < 1.29 is 19.5 Å². The fourth-order valence-corrected chi connectivity index (χ4v) is 5.07. The molecule has 0 spiro atoms. The highest BCUT2D eigenvalue weighted by molar-refractivity contribution is 8.00. The van der Waals surface area contributed by atoms with Crippen molar-refractivity contribution in [2.75, 3.05) is 5.75 Å². The highest BCUT2D eigenvalue weighted by atomic mass is 32.2. The Morgan fingerprint density at radius 3 is 2.55 bits per heavy atom. The van der Waals surface area contributed by atoms with Crippen molar-refractivity contribution in [3.63, 3.8) is 0 Å². The summed E-state index contributed by atoms with van der Waals surface area (Å²) in [5.41, 5.74) is 3.17. The molecule has 0 saturated carbocycles. The summed E-state index contributed by atoms with van der Waals surface area (Å²) >= 11 is 1.45. The van der Waals surface area contributed by atoms with Gasteiger partial charge in [-0.3, -0.25) is 14.5 Å². The number of carbonyl (C=O) groups is 3. The van der Waals surface area contributed by atoms with Crippen molar-refractivity contribution in [2.45, 2.75) is 32.2 Å². The number of nitrogens with zero attached hydrogens (tertiary/aromatic N) is 3. The molecule has 2 amide bonds. The molecule has 0 aliphatic carbocycles. The van der Waals surface area contributed by atoms with Crippen LogP contribution in [0.5, 0.6) is 0 Å². The minimum absolute atomic E-state index is 0.0218. The van der Waals surface area contributed by atoms with Crippen LogP contribution in [0.3, 0.4) is 0 Å². The van der Waals surface area contributed by atoms with Gasteiger partial charge in [-0.25, -0.2) is 9.48 Å². The molecule has 2 atom stereocenters. The first-order valence-corrected chi connectivity index (χ1v) is 10.2. The number of carbonyl (C=O) groups excluding carboxylic acids is 2. The van der Waals surface area contributed by atoms with Crippen molar-refractivity contribution in [2.24, 2.45) is 0 Å². The van der Waals surface area contributed by atoms with Crippen LogP contribution in [0.4, 0.5) is 0 Å². The molecule has 2 aromatic rings. The number of para-hydroxylation sites is 1. The van der Waals surface area contributed by atoms with Crippen LogP contribution in [0.2, 0.25) is 0 Å². The Kier molecular flexibility index (Phi) is 4.70. The molecule has 1 aromatic carbocycles. The van der Waals surface area contributed by atoms with Crippen molar-refractivity contribution >= 4 is 29.5 Å². The first-order valence-electron chi connectivity index (χ1n) is 9.11. The van der Waals surface area contributed by atoms with Gasteiger partial charge in [-0.15, -0.1) is 11.8 Å². The lowest BCUT2D eigenvalue weighted by molar-refractivity contribution is -0.148. The van der Waals surface area contributed by atoms with Gasteiger partial charge in [-0.1, -0.05) is 18.2 Å². The summed E-state index contributed by atoms with van der Waals surface area (Å²) in [4.78, 5) is 38.3. The minimum Gasteiger partial charge on any atom is -0.477 e. The Balaban J connectivity index is 1.57. The monoisotopic (exact) mass is 412 g/mol. The van der Waals surface area contributed by atoms with Gasteiger partial charge >= 0.3 is 5.97 Å². The van der Waals surface area contributed by atoms with Gasteiger partial charge in [-0.2, -0.15) is 5.10 Å². The van der Waals surface area contributed by atoms with E-state index in [2.05, 4.69) is 10.4 Å². The van der Waals surface area contributed by atoms with Gasteiger partial charge in [0.25, 0.3) is 11.8 Å². The zero-order valence-electron chi connectivity index (χ0n) is 16.2. The number of thioether (sulfide) groups is 1. The molecular formula is C20H20N4O4S. The summed E-state index contributed by atoms with van der Waals surface area (Å²) in [6.07, 6.45) is 0. The number of aliphatic carboxylic acids is 1. The third kappa shape index (κ3) is 3.02.